The van der Waals surface area contributed by atoms with Crippen LogP contribution in [0.5, 0.6) is 0 Å². The molecule has 0 spiro atoms. The Morgan fingerprint density at radius 1 is 1.31 bits per heavy atom. The second-order valence-electron chi connectivity index (χ2n) is 4.49. The van der Waals surface area contributed by atoms with Crippen LogP contribution in [0.2, 0.25) is 0 Å². The minimum absolute atomic E-state index is 0.133. The van der Waals surface area contributed by atoms with Crippen molar-refractivity contribution < 1.29 is 5.11 Å². The summed E-state index contributed by atoms with van der Waals surface area (Å²) in [7, 11) is 0. The molecule has 0 radical (unpaired) electrons. The van der Waals surface area contributed by atoms with Gasteiger partial charge in [0.1, 0.15) is 0 Å². The first-order valence-corrected chi connectivity index (χ1v) is 6.92. The molecular formula is C13H18BrNO. The molecule has 0 aromatic heterocycles. The third kappa shape index (κ3) is 3.06. The molecule has 1 aliphatic rings. The van der Waals surface area contributed by atoms with E-state index < -0.39 is 0 Å². The zero-order chi connectivity index (χ0) is 11.4. The van der Waals surface area contributed by atoms with Gasteiger partial charge in [0.2, 0.25) is 0 Å². The number of nitrogens with zero attached hydrogens (tertiary/aromatic N) is 1. The van der Waals surface area contributed by atoms with Crippen LogP contribution in [-0.2, 0) is 6.54 Å². The van der Waals surface area contributed by atoms with E-state index in [-0.39, 0.29) is 6.10 Å². The normalized spacial score (nSPS) is 26.9. The van der Waals surface area contributed by atoms with Crippen LogP contribution >= 0.6 is 15.9 Å². The topological polar surface area (TPSA) is 23.5 Å². The molecule has 1 heterocycles. The van der Waals surface area contributed by atoms with Crippen molar-refractivity contribution >= 4 is 15.9 Å². The predicted molar refractivity (Wildman–Crippen MR) is 69.6 cm³/mol. The summed E-state index contributed by atoms with van der Waals surface area (Å²) < 4.78 is 0. The number of aliphatic hydroxyl groups is 1. The van der Waals surface area contributed by atoms with Crippen molar-refractivity contribution in [1.82, 2.24) is 4.90 Å². The van der Waals surface area contributed by atoms with E-state index in [4.69, 9.17) is 0 Å². The van der Waals surface area contributed by atoms with Crippen LogP contribution in [-0.4, -0.2) is 34.5 Å². The third-order valence-electron chi connectivity index (χ3n) is 3.23. The molecule has 0 unspecified atom stereocenters. The lowest BCUT2D eigenvalue weighted by Crippen LogP contribution is -2.43. The van der Waals surface area contributed by atoms with E-state index in [1.165, 1.54) is 5.56 Å². The van der Waals surface area contributed by atoms with Gasteiger partial charge in [0.25, 0.3) is 0 Å². The van der Waals surface area contributed by atoms with Crippen molar-refractivity contribution in [3.63, 3.8) is 0 Å². The Morgan fingerprint density at radius 3 is 2.75 bits per heavy atom. The highest BCUT2D eigenvalue weighted by molar-refractivity contribution is 9.09. The summed E-state index contributed by atoms with van der Waals surface area (Å²) in [5.41, 5.74) is 1.35. The molecular weight excluding hydrogens is 266 g/mol. The Hall–Kier alpha value is -0.380. The van der Waals surface area contributed by atoms with Gasteiger partial charge < -0.3 is 5.11 Å². The maximum absolute atomic E-state index is 9.80. The first-order chi connectivity index (χ1) is 7.79. The fourth-order valence-corrected chi connectivity index (χ4v) is 2.87. The van der Waals surface area contributed by atoms with Crippen molar-refractivity contribution in [1.29, 1.82) is 0 Å². The summed E-state index contributed by atoms with van der Waals surface area (Å²) >= 11 is 3.48. The largest absolute Gasteiger partial charge is 0.393 e. The maximum Gasteiger partial charge on any atom is 0.0600 e. The smallest absolute Gasteiger partial charge is 0.0600 e. The number of halogens is 1. The van der Waals surface area contributed by atoms with Crippen molar-refractivity contribution in [3.8, 4) is 0 Å². The lowest BCUT2D eigenvalue weighted by atomic mass is 9.96. The van der Waals surface area contributed by atoms with Crippen molar-refractivity contribution in [2.24, 2.45) is 5.92 Å². The van der Waals surface area contributed by atoms with Crippen molar-refractivity contribution in [2.75, 3.05) is 18.4 Å². The van der Waals surface area contributed by atoms with E-state index in [1.54, 1.807) is 0 Å². The van der Waals surface area contributed by atoms with E-state index in [0.717, 1.165) is 31.4 Å². The molecule has 2 atom stereocenters. The van der Waals surface area contributed by atoms with E-state index in [1.807, 2.05) is 6.07 Å². The van der Waals surface area contributed by atoms with Gasteiger partial charge in [-0.25, -0.2) is 0 Å². The Kier molecular flexibility index (Phi) is 4.38. The molecule has 1 aromatic carbocycles. The average Bonchev–Trinajstić information content (AvgIpc) is 2.33. The molecule has 1 fully saturated rings. The molecule has 0 amide bonds. The lowest BCUT2D eigenvalue weighted by Gasteiger charge is -2.35. The molecule has 1 aliphatic heterocycles. The second-order valence-corrected chi connectivity index (χ2v) is 5.14. The fraction of sp³-hybridized carbons (Fsp3) is 0.538. The minimum Gasteiger partial charge on any atom is -0.393 e. The van der Waals surface area contributed by atoms with Gasteiger partial charge in [-0.1, -0.05) is 46.3 Å². The van der Waals surface area contributed by atoms with Crippen LogP contribution in [0, 0.1) is 5.92 Å². The van der Waals surface area contributed by atoms with Gasteiger partial charge in [0, 0.05) is 30.9 Å². The number of aliphatic hydroxyl groups excluding tert-OH is 1. The highest BCUT2D eigenvalue weighted by atomic mass is 79.9. The highest BCUT2D eigenvalue weighted by Crippen LogP contribution is 2.20. The third-order valence-corrected chi connectivity index (χ3v) is 4.06. The van der Waals surface area contributed by atoms with Crippen LogP contribution < -0.4 is 0 Å². The molecule has 1 N–H and O–H groups in total. The first-order valence-electron chi connectivity index (χ1n) is 5.80. The van der Waals surface area contributed by atoms with Gasteiger partial charge in [-0.15, -0.1) is 0 Å². The van der Waals surface area contributed by atoms with E-state index in [0.29, 0.717) is 5.92 Å². The summed E-state index contributed by atoms with van der Waals surface area (Å²) in [6.45, 7) is 2.98. The van der Waals surface area contributed by atoms with Gasteiger partial charge in [0.15, 0.2) is 0 Å². The second kappa shape index (κ2) is 5.80. The standard InChI is InChI=1S/C13H18BrNO/c14-8-12-10-15(7-6-13(12)16)9-11-4-2-1-3-5-11/h1-5,12-13,16H,6-10H2/t12-,13+/m0/s1. The van der Waals surface area contributed by atoms with Gasteiger partial charge in [-0.2, -0.15) is 0 Å². The predicted octanol–water partition coefficient (Wildman–Crippen LogP) is 2.26. The number of rotatable bonds is 3. The monoisotopic (exact) mass is 283 g/mol. The number of likely N-dealkylation sites (tertiary alicyclic amines) is 1. The molecule has 2 nitrogen and oxygen atoms in total. The van der Waals surface area contributed by atoms with Gasteiger partial charge in [-0.05, 0) is 12.0 Å². The SMILES string of the molecule is O[C@@H]1CCN(Cc2ccccc2)C[C@@H]1CBr. The summed E-state index contributed by atoms with van der Waals surface area (Å²) in [4.78, 5) is 2.42. The summed E-state index contributed by atoms with van der Waals surface area (Å²) in [6.07, 6.45) is 0.759. The summed E-state index contributed by atoms with van der Waals surface area (Å²) in [5.74, 6) is 0.373. The summed E-state index contributed by atoms with van der Waals surface area (Å²) in [6, 6.07) is 10.5. The maximum atomic E-state index is 9.80. The average molecular weight is 284 g/mol. The minimum atomic E-state index is -0.133. The van der Waals surface area contributed by atoms with Gasteiger partial charge >= 0.3 is 0 Å². The van der Waals surface area contributed by atoms with Crippen LogP contribution in [0.25, 0.3) is 0 Å². The van der Waals surface area contributed by atoms with Crippen LogP contribution in [0.15, 0.2) is 30.3 Å². The Labute approximate surface area is 105 Å². The Balaban J connectivity index is 1.92. The number of piperidine rings is 1. The Morgan fingerprint density at radius 2 is 2.06 bits per heavy atom. The quantitative estimate of drug-likeness (QED) is 0.861. The number of alkyl halides is 1. The fourth-order valence-electron chi connectivity index (χ4n) is 2.23. The van der Waals surface area contributed by atoms with E-state index in [9.17, 15) is 5.11 Å². The van der Waals surface area contributed by atoms with E-state index in [2.05, 4.69) is 45.1 Å². The lowest BCUT2D eigenvalue weighted by molar-refractivity contribution is 0.0346. The van der Waals surface area contributed by atoms with Gasteiger partial charge in [0.05, 0.1) is 6.10 Å². The molecule has 0 aliphatic carbocycles. The van der Waals surface area contributed by atoms with Crippen LogP contribution in [0.4, 0.5) is 0 Å². The van der Waals surface area contributed by atoms with Gasteiger partial charge in [-0.3, -0.25) is 4.90 Å². The molecule has 0 saturated carbocycles. The zero-order valence-electron chi connectivity index (χ0n) is 9.35. The number of hydrogen-bond donors (Lipinski definition) is 1. The molecule has 16 heavy (non-hydrogen) atoms. The molecule has 1 saturated heterocycles. The molecule has 88 valence electrons. The molecule has 0 bridgehead atoms. The first kappa shape index (κ1) is 12.1. The highest BCUT2D eigenvalue weighted by Gasteiger charge is 2.26. The molecule has 3 heteroatoms. The van der Waals surface area contributed by atoms with Crippen molar-refractivity contribution in [3.05, 3.63) is 35.9 Å². The Bertz CT molecular complexity index is 317. The summed E-state index contributed by atoms with van der Waals surface area (Å²) in [5, 5.41) is 10.7. The molecule has 1 aromatic rings. The molecule has 2 rings (SSSR count). The van der Waals surface area contributed by atoms with Crippen molar-refractivity contribution in [2.45, 2.75) is 19.1 Å². The van der Waals surface area contributed by atoms with E-state index >= 15 is 0 Å². The zero-order valence-corrected chi connectivity index (χ0v) is 10.9. The number of benzene rings is 1. The van der Waals surface area contributed by atoms with Crippen LogP contribution in [0.1, 0.15) is 12.0 Å². The number of hydrogen-bond acceptors (Lipinski definition) is 2. The van der Waals surface area contributed by atoms with Crippen LogP contribution in [0.3, 0.4) is 0 Å².